The lowest BCUT2D eigenvalue weighted by atomic mass is 9.47. The first kappa shape index (κ1) is 22.3. The van der Waals surface area contributed by atoms with Crippen molar-refractivity contribution in [3.8, 4) is 12.1 Å². The normalized spacial score (nSPS) is 36.6. The topological polar surface area (TPSA) is 67.9 Å². The van der Waals surface area contributed by atoms with Gasteiger partial charge in [-0.1, -0.05) is 58.4 Å². The van der Waals surface area contributed by atoms with E-state index < -0.39 is 23.4 Å². The van der Waals surface area contributed by atoms with Crippen LogP contribution in [0.5, 0.6) is 0 Å². The molecule has 4 nitrogen and oxygen atoms in total. The number of hydrogen-bond acceptors (Lipinski definition) is 4. The zero-order chi connectivity index (χ0) is 24.7. The Morgan fingerprint density at radius 3 is 2.14 bits per heavy atom. The van der Waals surface area contributed by atoms with Gasteiger partial charge in [0, 0.05) is 21.5 Å². The first-order chi connectivity index (χ1) is 17.5. The van der Waals surface area contributed by atoms with E-state index in [1.807, 2.05) is 48.6 Å². The molecular formula is C31H28BrN3O. The second-order valence-corrected chi connectivity index (χ2v) is 12.8. The number of carbonyl (C=O) groups is 1. The van der Waals surface area contributed by atoms with Crippen LogP contribution in [0, 0.1) is 51.2 Å². The predicted molar refractivity (Wildman–Crippen MR) is 142 cm³/mol. The minimum atomic E-state index is -1.36. The molecule has 180 valence electrons. The van der Waals surface area contributed by atoms with E-state index in [2.05, 4.69) is 45.1 Å². The molecule has 3 atom stereocenters. The Bertz CT molecular complexity index is 1310. The zero-order valence-corrected chi connectivity index (χ0v) is 21.7. The van der Waals surface area contributed by atoms with Crippen molar-refractivity contribution in [1.29, 1.82) is 10.5 Å². The molecule has 2 heterocycles. The number of ketones is 1. The summed E-state index contributed by atoms with van der Waals surface area (Å²) >= 11 is 3.53. The van der Waals surface area contributed by atoms with Gasteiger partial charge in [-0.2, -0.15) is 10.5 Å². The zero-order valence-electron chi connectivity index (χ0n) is 20.1. The summed E-state index contributed by atoms with van der Waals surface area (Å²) in [5.74, 6) is 1.69. The van der Waals surface area contributed by atoms with Gasteiger partial charge in [0.1, 0.15) is 0 Å². The minimum absolute atomic E-state index is 0.275. The number of rotatable bonds is 3. The number of halogens is 1. The van der Waals surface area contributed by atoms with Crippen LogP contribution in [-0.4, -0.2) is 17.9 Å². The maximum Gasteiger partial charge on any atom is 0.176 e. The number of Topliss-reactive ketones (excluding diaryl/α,β-unsaturated/α-hetero) is 1. The third-order valence-electron chi connectivity index (χ3n) is 9.97. The smallest absolute Gasteiger partial charge is 0.176 e. The van der Waals surface area contributed by atoms with Crippen molar-refractivity contribution in [3.05, 3.63) is 70.2 Å². The lowest BCUT2D eigenvalue weighted by molar-refractivity contribution is -0.145. The molecule has 0 N–H and O–H groups in total. The summed E-state index contributed by atoms with van der Waals surface area (Å²) in [6, 6.07) is 19.9. The molecule has 2 aliphatic heterocycles. The van der Waals surface area contributed by atoms with E-state index >= 15 is 4.79 Å². The van der Waals surface area contributed by atoms with Crippen molar-refractivity contribution >= 4 is 33.5 Å². The maximum absolute atomic E-state index is 15.0. The second-order valence-electron chi connectivity index (χ2n) is 11.9. The van der Waals surface area contributed by atoms with E-state index in [4.69, 9.17) is 0 Å². The van der Waals surface area contributed by atoms with Gasteiger partial charge >= 0.3 is 0 Å². The number of benzene rings is 2. The average molecular weight is 538 g/mol. The summed E-state index contributed by atoms with van der Waals surface area (Å²) in [4.78, 5) is 17.2. The van der Waals surface area contributed by atoms with Gasteiger partial charge in [0.15, 0.2) is 11.2 Å². The van der Waals surface area contributed by atoms with Crippen molar-refractivity contribution in [2.75, 3.05) is 4.90 Å². The van der Waals surface area contributed by atoms with E-state index in [0.717, 1.165) is 40.5 Å². The molecule has 6 aliphatic rings. The minimum Gasteiger partial charge on any atom is -0.351 e. The Balaban J connectivity index is 1.44. The second kappa shape index (κ2) is 7.80. The van der Waals surface area contributed by atoms with E-state index in [0.29, 0.717) is 17.8 Å². The quantitative estimate of drug-likeness (QED) is 0.440. The van der Waals surface area contributed by atoms with Crippen LogP contribution in [0.15, 0.2) is 59.1 Å². The fourth-order valence-corrected chi connectivity index (χ4v) is 9.27. The number of fused-ring (bicyclic) bond motifs is 3. The van der Waals surface area contributed by atoms with Crippen molar-refractivity contribution < 1.29 is 4.79 Å². The summed E-state index contributed by atoms with van der Waals surface area (Å²) in [5.41, 5.74) is 1.21. The van der Waals surface area contributed by atoms with Gasteiger partial charge in [0.25, 0.3) is 0 Å². The summed E-state index contributed by atoms with van der Waals surface area (Å²) < 4.78 is 0.940. The highest BCUT2D eigenvalue weighted by Crippen LogP contribution is 2.63. The van der Waals surface area contributed by atoms with E-state index in [1.54, 1.807) is 0 Å². The summed E-state index contributed by atoms with van der Waals surface area (Å²) in [6.07, 6.45) is 10.8. The van der Waals surface area contributed by atoms with Crippen molar-refractivity contribution in [2.45, 2.75) is 56.5 Å². The van der Waals surface area contributed by atoms with Gasteiger partial charge in [-0.25, -0.2) is 0 Å². The van der Waals surface area contributed by atoms with Gasteiger partial charge in [-0.3, -0.25) is 4.79 Å². The predicted octanol–water partition coefficient (Wildman–Crippen LogP) is 6.64. The fraction of sp³-hybridized carbons (Fsp3) is 0.452. The monoisotopic (exact) mass is 537 g/mol. The van der Waals surface area contributed by atoms with Crippen LogP contribution in [0.4, 0.5) is 5.69 Å². The van der Waals surface area contributed by atoms with E-state index in [9.17, 15) is 10.5 Å². The molecule has 2 aromatic carbocycles. The van der Waals surface area contributed by atoms with Gasteiger partial charge in [-0.15, -0.1) is 0 Å². The fourth-order valence-electron chi connectivity index (χ4n) is 9.00. The van der Waals surface area contributed by atoms with Crippen LogP contribution < -0.4 is 4.90 Å². The Labute approximate surface area is 220 Å². The summed E-state index contributed by atoms with van der Waals surface area (Å²) in [6.45, 7) is 0. The van der Waals surface area contributed by atoms with Crippen LogP contribution in [0.3, 0.4) is 0 Å². The molecular weight excluding hydrogens is 510 g/mol. The van der Waals surface area contributed by atoms with Gasteiger partial charge in [-0.05, 0) is 85.6 Å². The molecule has 8 rings (SSSR count). The molecule has 5 fully saturated rings. The number of anilines is 1. The molecule has 0 spiro atoms. The third kappa shape index (κ3) is 2.93. The van der Waals surface area contributed by atoms with Crippen molar-refractivity contribution in [1.82, 2.24) is 0 Å². The van der Waals surface area contributed by atoms with E-state index in [-0.39, 0.29) is 11.2 Å². The number of carbonyl (C=O) groups excluding carboxylic acids is 1. The molecule has 2 aromatic rings. The average Bonchev–Trinajstić information content (AvgIpc) is 3.19. The standard InChI is InChI=1S/C31H28BrN3O/c32-24-8-5-23(6-9-24)27-28(29(36)30-14-19-11-20(15-30)13-21(12-19)16-30)35-25-4-2-1-3-22(25)7-10-26(35)31(27,17-33)18-34/h1-10,19-21,26-28H,11-16H2. The Hall–Kier alpha value is -2.89. The Kier molecular flexibility index (Phi) is 4.84. The molecule has 0 radical (unpaired) electrons. The highest BCUT2D eigenvalue weighted by molar-refractivity contribution is 9.10. The van der Waals surface area contributed by atoms with Crippen LogP contribution in [0.25, 0.3) is 6.08 Å². The van der Waals surface area contributed by atoms with Crippen LogP contribution in [0.1, 0.15) is 55.6 Å². The molecule has 36 heavy (non-hydrogen) atoms. The first-order valence-corrected chi connectivity index (χ1v) is 14.0. The highest BCUT2D eigenvalue weighted by atomic mass is 79.9. The van der Waals surface area contributed by atoms with Crippen LogP contribution in [0.2, 0.25) is 0 Å². The number of hydrogen-bond donors (Lipinski definition) is 0. The molecule has 4 aliphatic carbocycles. The van der Waals surface area contributed by atoms with Gasteiger partial charge in [0.05, 0.1) is 24.2 Å². The molecule has 0 aromatic heterocycles. The Morgan fingerprint density at radius 2 is 1.53 bits per heavy atom. The highest BCUT2D eigenvalue weighted by Gasteiger charge is 2.66. The molecule has 3 unspecified atom stereocenters. The summed E-state index contributed by atoms with van der Waals surface area (Å²) in [7, 11) is 0. The largest absolute Gasteiger partial charge is 0.351 e. The van der Waals surface area contributed by atoms with Crippen LogP contribution >= 0.6 is 15.9 Å². The Morgan fingerprint density at radius 1 is 0.917 bits per heavy atom. The molecule has 4 saturated carbocycles. The van der Waals surface area contributed by atoms with E-state index in [1.165, 1.54) is 19.3 Å². The lowest BCUT2D eigenvalue weighted by Gasteiger charge is -2.57. The van der Waals surface area contributed by atoms with Crippen LogP contribution in [-0.2, 0) is 4.79 Å². The van der Waals surface area contributed by atoms with Gasteiger partial charge in [0.2, 0.25) is 0 Å². The number of nitriles is 2. The molecule has 0 amide bonds. The SMILES string of the molecule is N#CC1(C#N)C(c2ccc(Br)cc2)C(C(=O)C23CC4CC(CC(C4)C2)C3)N2c3ccccc3C=CC21. The van der Waals surface area contributed by atoms with Gasteiger partial charge < -0.3 is 4.90 Å². The molecule has 1 saturated heterocycles. The first-order valence-electron chi connectivity index (χ1n) is 13.2. The summed E-state index contributed by atoms with van der Waals surface area (Å²) in [5, 5.41) is 21.3. The van der Waals surface area contributed by atoms with Crippen molar-refractivity contribution in [3.63, 3.8) is 0 Å². The third-order valence-corrected chi connectivity index (χ3v) is 10.5. The van der Waals surface area contributed by atoms with Crippen molar-refractivity contribution in [2.24, 2.45) is 28.6 Å². The molecule has 4 bridgehead atoms. The lowest BCUT2D eigenvalue weighted by Crippen LogP contribution is -2.56. The number of para-hydroxylation sites is 1. The number of nitrogens with zero attached hydrogens (tertiary/aromatic N) is 3. The maximum atomic E-state index is 15.0. The molecule has 5 heteroatoms.